The quantitative estimate of drug-likeness (QED) is 0.827. The Kier molecular flexibility index (Phi) is 4.88. The second kappa shape index (κ2) is 7.24. The fourth-order valence-corrected chi connectivity index (χ4v) is 2.90. The van der Waals surface area contributed by atoms with Gasteiger partial charge < -0.3 is 15.5 Å². The lowest BCUT2D eigenvalue weighted by molar-refractivity contribution is 0.589. The van der Waals surface area contributed by atoms with Gasteiger partial charge in [0.15, 0.2) is 0 Å². The van der Waals surface area contributed by atoms with E-state index in [4.69, 9.17) is 0 Å². The van der Waals surface area contributed by atoms with E-state index in [1.165, 1.54) is 5.56 Å². The highest BCUT2D eigenvalue weighted by atomic mass is 16.3. The Morgan fingerprint density at radius 2 is 1.87 bits per heavy atom. The van der Waals surface area contributed by atoms with Crippen LogP contribution in [0, 0.1) is 4.91 Å². The number of benzene rings is 2. The van der Waals surface area contributed by atoms with Gasteiger partial charge in [-0.25, -0.2) is 0 Å². The van der Waals surface area contributed by atoms with Gasteiger partial charge in [0, 0.05) is 37.9 Å². The summed E-state index contributed by atoms with van der Waals surface area (Å²) in [5.74, 6) is 0. The first-order valence-corrected chi connectivity index (χ1v) is 8.02. The molecule has 1 heterocycles. The Bertz CT molecular complexity index is 653. The van der Waals surface area contributed by atoms with Crippen molar-refractivity contribution >= 4 is 17.1 Å². The highest BCUT2D eigenvalue weighted by molar-refractivity contribution is 5.72. The fourth-order valence-electron chi connectivity index (χ4n) is 2.90. The van der Waals surface area contributed by atoms with Crippen LogP contribution in [0.1, 0.15) is 18.5 Å². The number of hydrogen-bond donors (Lipinski definition) is 2. The second-order valence-electron chi connectivity index (χ2n) is 5.81. The van der Waals surface area contributed by atoms with Gasteiger partial charge >= 0.3 is 0 Å². The first-order chi connectivity index (χ1) is 11.3. The smallest absolute Gasteiger partial charge is 0.131 e. The van der Waals surface area contributed by atoms with E-state index in [1.807, 2.05) is 30.3 Å². The average Bonchev–Trinajstić information content (AvgIpc) is 2.63. The molecule has 5 nitrogen and oxygen atoms in total. The summed E-state index contributed by atoms with van der Waals surface area (Å²) in [4.78, 5) is 13.4. The van der Waals surface area contributed by atoms with Gasteiger partial charge in [-0.05, 0) is 35.9 Å². The molecule has 0 bridgehead atoms. The van der Waals surface area contributed by atoms with E-state index >= 15 is 0 Å². The third-order valence-electron chi connectivity index (χ3n) is 4.23. The minimum atomic E-state index is 0.106. The number of nitroso groups, excluding NO2 is 1. The van der Waals surface area contributed by atoms with E-state index in [-0.39, 0.29) is 6.04 Å². The molecule has 1 aliphatic rings. The van der Waals surface area contributed by atoms with Crippen LogP contribution >= 0.6 is 0 Å². The maximum absolute atomic E-state index is 11.1. The molecule has 23 heavy (non-hydrogen) atoms. The summed E-state index contributed by atoms with van der Waals surface area (Å²) in [7, 11) is 0. The summed E-state index contributed by atoms with van der Waals surface area (Å²) in [6, 6.07) is 16.1. The number of hydrogen-bond acceptors (Lipinski definition) is 5. The fraction of sp³-hybridized carbons (Fsp3) is 0.333. The van der Waals surface area contributed by atoms with Crippen LogP contribution in [0.2, 0.25) is 0 Å². The maximum Gasteiger partial charge on any atom is 0.131 e. The molecule has 0 spiro atoms. The number of rotatable bonds is 5. The maximum atomic E-state index is 11.1. The zero-order valence-electron chi connectivity index (χ0n) is 13.3. The number of nitrogens with one attached hydrogen (secondary N) is 2. The van der Waals surface area contributed by atoms with Crippen molar-refractivity contribution < 1.29 is 0 Å². The van der Waals surface area contributed by atoms with Gasteiger partial charge in [0.25, 0.3) is 0 Å². The number of nitrogens with zero attached hydrogens (tertiary/aromatic N) is 2. The second-order valence-corrected chi connectivity index (χ2v) is 5.81. The largest absolute Gasteiger partial charge is 0.377 e. The first kappa shape index (κ1) is 15.5. The predicted octanol–water partition coefficient (Wildman–Crippen LogP) is 3.67. The van der Waals surface area contributed by atoms with Crippen molar-refractivity contribution in [3.05, 3.63) is 59.0 Å². The third-order valence-corrected chi connectivity index (χ3v) is 4.23. The summed E-state index contributed by atoms with van der Waals surface area (Å²) in [6.45, 7) is 6.00. The average molecular weight is 310 g/mol. The Morgan fingerprint density at radius 1 is 1.13 bits per heavy atom. The third kappa shape index (κ3) is 3.68. The molecule has 0 aliphatic carbocycles. The van der Waals surface area contributed by atoms with E-state index in [0.29, 0.717) is 5.69 Å². The molecule has 120 valence electrons. The monoisotopic (exact) mass is 310 g/mol. The van der Waals surface area contributed by atoms with Crippen LogP contribution in [0.5, 0.6) is 0 Å². The lowest BCUT2D eigenvalue weighted by Gasteiger charge is -2.30. The van der Waals surface area contributed by atoms with Gasteiger partial charge in [0.05, 0.1) is 5.69 Å². The molecule has 1 unspecified atom stereocenters. The van der Waals surface area contributed by atoms with Crippen molar-refractivity contribution in [2.75, 3.05) is 36.4 Å². The molecule has 2 aromatic carbocycles. The Labute approximate surface area is 136 Å². The van der Waals surface area contributed by atoms with Gasteiger partial charge in [-0.15, -0.1) is 4.91 Å². The normalized spacial score (nSPS) is 16.0. The molecule has 2 N–H and O–H groups in total. The molecule has 0 aromatic heterocycles. The van der Waals surface area contributed by atoms with Gasteiger partial charge in [-0.2, -0.15) is 0 Å². The molecule has 3 rings (SSSR count). The van der Waals surface area contributed by atoms with Crippen LogP contribution in [0.25, 0.3) is 0 Å². The molecule has 2 aromatic rings. The summed E-state index contributed by atoms with van der Waals surface area (Å²) < 4.78 is 0. The Morgan fingerprint density at radius 3 is 2.57 bits per heavy atom. The van der Waals surface area contributed by atoms with Crippen molar-refractivity contribution in [2.24, 2.45) is 5.18 Å². The van der Waals surface area contributed by atoms with Crippen molar-refractivity contribution in [2.45, 2.75) is 13.0 Å². The lowest BCUT2D eigenvalue weighted by atomic mass is 10.1. The summed E-state index contributed by atoms with van der Waals surface area (Å²) in [5.41, 5.74) is 3.54. The van der Waals surface area contributed by atoms with Crippen LogP contribution in [0.15, 0.2) is 53.7 Å². The zero-order chi connectivity index (χ0) is 16.1. The highest BCUT2D eigenvalue weighted by Gasteiger charge is 2.14. The Balaban J connectivity index is 1.83. The zero-order valence-corrected chi connectivity index (χ0v) is 13.3. The standard InChI is InChI=1S/C18H22N4O/c1-14(15-5-3-2-4-6-15)20-18-13-16(7-8-17(18)21-23)22-11-9-19-10-12-22/h2-8,13-14,19-20H,9-12H2,1H3. The number of piperazine rings is 1. The predicted molar refractivity (Wildman–Crippen MR) is 95.5 cm³/mol. The van der Waals surface area contributed by atoms with Crippen molar-refractivity contribution in [1.82, 2.24) is 5.32 Å². The molecule has 1 saturated heterocycles. The van der Waals surface area contributed by atoms with Crippen LogP contribution < -0.4 is 15.5 Å². The van der Waals surface area contributed by atoms with E-state index in [1.54, 1.807) is 6.07 Å². The summed E-state index contributed by atoms with van der Waals surface area (Å²) in [6.07, 6.45) is 0. The summed E-state index contributed by atoms with van der Waals surface area (Å²) in [5, 5.41) is 9.93. The Hall–Kier alpha value is -2.40. The first-order valence-electron chi connectivity index (χ1n) is 8.02. The minimum absolute atomic E-state index is 0.106. The highest BCUT2D eigenvalue weighted by Crippen LogP contribution is 2.32. The van der Waals surface area contributed by atoms with Crippen LogP contribution in [-0.4, -0.2) is 26.2 Å². The minimum Gasteiger partial charge on any atom is -0.377 e. The molecule has 0 radical (unpaired) electrons. The van der Waals surface area contributed by atoms with Crippen molar-refractivity contribution in [3.63, 3.8) is 0 Å². The van der Waals surface area contributed by atoms with Gasteiger partial charge in [0.1, 0.15) is 5.69 Å². The van der Waals surface area contributed by atoms with E-state index < -0.39 is 0 Å². The SMILES string of the molecule is CC(Nc1cc(N2CCNCC2)ccc1N=O)c1ccccc1. The molecular formula is C18H22N4O. The molecule has 1 fully saturated rings. The topological polar surface area (TPSA) is 56.7 Å². The number of anilines is 2. The van der Waals surface area contributed by atoms with Crippen molar-refractivity contribution in [3.8, 4) is 0 Å². The molecule has 0 amide bonds. The van der Waals surface area contributed by atoms with E-state index in [2.05, 4.69) is 39.8 Å². The van der Waals surface area contributed by atoms with E-state index in [0.717, 1.165) is 37.6 Å². The van der Waals surface area contributed by atoms with E-state index in [9.17, 15) is 4.91 Å². The molecular weight excluding hydrogens is 288 g/mol. The van der Waals surface area contributed by atoms with Crippen LogP contribution in [-0.2, 0) is 0 Å². The van der Waals surface area contributed by atoms with Gasteiger partial charge in [0.2, 0.25) is 0 Å². The van der Waals surface area contributed by atoms with Crippen molar-refractivity contribution in [1.29, 1.82) is 0 Å². The molecule has 1 aliphatic heterocycles. The van der Waals surface area contributed by atoms with Crippen LogP contribution in [0.3, 0.4) is 0 Å². The lowest BCUT2D eigenvalue weighted by Crippen LogP contribution is -2.43. The molecule has 1 atom stereocenters. The van der Waals surface area contributed by atoms with Gasteiger partial charge in [-0.3, -0.25) is 0 Å². The molecule has 0 saturated carbocycles. The summed E-state index contributed by atoms with van der Waals surface area (Å²) >= 11 is 0. The molecule has 5 heteroatoms. The van der Waals surface area contributed by atoms with Gasteiger partial charge in [-0.1, -0.05) is 30.3 Å². The van der Waals surface area contributed by atoms with Crippen LogP contribution in [0.4, 0.5) is 17.1 Å².